The minimum Gasteiger partial charge on any atom is -0.474 e. The lowest BCUT2D eigenvalue weighted by Gasteiger charge is -2.28. The molecule has 3 aromatic rings. The maximum atomic E-state index is 6.06. The van der Waals surface area contributed by atoms with E-state index in [2.05, 4.69) is 53.9 Å². The highest BCUT2D eigenvalue weighted by atomic mass is 79.9. The van der Waals surface area contributed by atoms with Gasteiger partial charge < -0.3 is 4.74 Å². The van der Waals surface area contributed by atoms with Crippen LogP contribution in [0, 0.1) is 0 Å². The number of pyridine rings is 1. The largest absolute Gasteiger partial charge is 0.474 e. The Labute approximate surface area is 173 Å². The molecule has 0 spiro atoms. The van der Waals surface area contributed by atoms with E-state index in [1.54, 1.807) is 6.20 Å². The molecule has 1 fully saturated rings. The van der Waals surface area contributed by atoms with E-state index in [9.17, 15) is 0 Å². The SMILES string of the molecule is Brc1ccc2c(c1)CCCc1nnc(C3CCC(Oc4ccccn4)CC3)n1-2. The molecule has 0 atom stereocenters. The van der Waals surface area contributed by atoms with Crippen LogP contribution < -0.4 is 4.74 Å². The lowest BCUT2D eigenvalue weighted by Crippen LogP contribution is -2.25. The Morgan fingerprint density at radius 2 is 1.89 bits per heavy atom. The standard InChI is InChI=1S/C22H23BrN4O/c23-17-9-12-19-16(14-17)4-3-5-20-25-26-22(27(19)20)15-7-10-18(11-8-15)28-21-6-1-2-13-24-21/h1-2,6,9,12-15,18H,3-5,7-8,10-11H2. The molecule has 1 saturated carbocycles. The van der Waals surface area contributed by atoms with Gasteiger partial charge in [0.15, 0.2) is 0 Å². The fourth-order valence-electron chi connectivity index (χ4n) is 4.45. The van der Waals surface area contributed by atoms with Crippen LogP contribution in [0.5, 0.6) is 5.88 Å². The first-order chi connectivity index (χ1) is 13.8. The normalized spacial score (nSPS) is 21.5. The van der Waals surface area contributed by atoms with Crippen molar-refractivity contribution in [1.29, 1.82) is 0 Å². The minimum absolute atomic E-state index is 0.237. The zero-order chi connectivity index (χ0) is 18.9. The van der Waals surface area contributed by atoms with Crippen LogP contribution in [0.2, 0.25) is 0 Å². The van der Waals surface area contributed by atoms with Gasteiger partial charge in [0.1, 0.15) is 17.8 Å². The molecule has 1 aromatic carbocycles. The number of halogens is 1. The van der Waals surface area contributed by atoms with Crippen molar-refractivity contribution in [2.24, 2.45) is 0 Å². The second kappa shape index (κ2) is 7.66. The number of ether oxygens (including phenoxy) is 1. The van der Waals surface area contributed by atoms with Gasteiger partial charge in [0.05, 0.1) is 5.69 Å². The van der Waals surface area contributed by atoms with Crippen molar-refractivity contribution in [1.82, 2.24) is 19.7 Å². The van der Waals surface area contributed by atoms with Crippen molar-refractivity contribution in [3.8, 4) is 11.6 Å². The highest BCUT2D eigenvalue weighted by Gasteiger charge is 2.30. The molecule has 0 N–H and O–H groups in total. The summed E-state index contributed by atoms with van der Waals surface area (Å²) in [6.07, 6.45) is 9.39. The quantitative estimate of drug-likeness (QED) is 0.575. The number of aromatic nitrogens is 4. The molecular formula is C22H23BrN4O. The molecule has 5 nitrogen and oxygen atoms in total. The molecule has 0 saturated heterocycles. The third-order valence-corrected chi connectivity index (χ3v) is 6.34. The number of fused-ring (bicyclic) bond motifs is 3. The minimum atomic E-state index is 0.237. The molecule has 0 bridgehead atoms. The lowest BCUT2D eigenvalue weighted by molar-refractivity contribution is 0.139. The summed E-state index contributed by atoms with van der Waals surface area (Å²) in [5, 5.41) is 9.20. The van der Waals surface area contributed by atoms with Gasteiger partial charge in [-0.3, -0.25) is 4.57 Å². The van der Waals surface area contributed by atoms with Crippen LogP contribution in [0.3, 0.4) is 0 Å². The molecule has 6 heteroatoms. The Hall–Kier alpha value is -2.21. The fraction of sp³-hybridized carbons (Fsp3) is 0.409. The van der Waals surface area contributed by atoms with Crippen LogP contribution in [0.25, 0.3) is 5.69 Å². The summed E-state index contributed by atoms with van der Waals surface area (Å²) in [5.41, 5.74) is 2.63. The Bertz CT molecular complexity index is 964. The van der Waals surface area contributed by atoms with Gasteiger partial charge in [0.2, 0.25) is 5.88 Å². The van der Waals surface area contributed by atoms with Gasteiger partial charge in [-0.05, 0) is 68.4 Å². The highest BCUT2D eigenvalue weighted by Crippen LogP contribution is 2.36. The number of aryl methyl sites for hydroxylation is 2. The Morgan fingerprint density at radius 1 is 1.00 bits per heavy atom. The number of hydrogen-bond donors (Lipinski definition) is 0. The summed E-state index contributed by atoms with van der Waals surface area (Å²) in [6.45, 7) is 0. The molecule has 144 valence electrons. The molecule has 1 aliphatic heterocycles. The third kappa shape index (κ3) is 3.46. The van der Waals surface area contributed by atoms with Crippen molar-refractivity contribution in [3.63, 3.8) is 0 Å². The second-order valence-corrected chi connectivity index (χ2v) is 8.61. The van der Waals surface area contributed by atoms with Crippen LogP contribution in [0.4, 0.5) is 0 Å². The zero-order valence-corrected chi connectivity index (χ0v) is 17.3. The lowest BCUT2D eigenvalue weighted by atomic mass is 9.86. The summed E-state index contributed by atoms with van der Waals surface area (Å²) < 4.78 is 9.53. The van der Waals surface area contributed by atoms with Crippen molar-refractivity contribution in [2.75, 3.05) is 0 Å². The summed E-state index contributed by atoms with van der Waals surface area (Å²) in [7, 11) is 0. The van der Waals surface area contributed by atoms with Crippen LogP contribution in [-0.2, 0) is 12.8 Å². The molecule has 2 aliphatic rings. The van der Waals surface area contributed by atoms with Crippen molar-refractivity contribution >= 4 is 15.9 Å². The van der Waals surface area contributed by atoms with Crippen molar-refractivity contribution in [2.45, 2.75) is 57.0 Å². The van der Waals surface area contributed by atoms with E-state index < -0.39 is 0 Å². The first-order valence-electron chi connectivity index (χ1n) is 10.1. The van der Waals surface area contributed by atoms with Crippen LogP contribution >= 0.6 is 15.9 Å². The predicted molar refractivity (Wildman–Crippen MR) is 111 cm³/mol. The van der Waals surface area contributed by atoms with E-state index in [4.69, 9.17) is 4.74 Å². The zero-order valence-electron chi connectivity index (χ0n) is 15.7. The van der Waals surface area contributed by atoms with Gasteiger partial charge in [-0.25, -0.2) is 4.98 Å². The first kappa shape index (κ1) is 17.9. The molecule has 1 aliphatic carbocycles. The summed E-state index contributed by atoms with van der Waals surface area (Å²) in [6, 6.07) is 12.4. The Kier molecular flexibility index (Phi) is 4.89. The molecule has 0 radical (unpaired) electrons. The number of hydrogen-bond acceptors (Lipinski definition) is 4. The highest BCUT2D eigenvalue weighted by molar-refractivity contribution is 9.10. The second-order valence-electron chi connectivity index (χ2n) is 7.70. The van der Waals surface area contributed by atoms with Gasteiger partial charge >= 0.3 is 0 Å². The first-order valence-corrected chi connectivity index (χ1v) is 10.9. The van der Waals surface area contributed by atoms with Gasteiger partial charge in [0, 0.05) is 29.1 Å². The summed E-state index contributed by atoms with van der Waals surface area (Å²) in [5.74, 6) is 3.38. The number of benzene rings is 1. The number of rotatable bonds is 3. The molecule has 2 aromatic heterocycles. The molecule has 0 amide bonds. The van der Waals surface area contributed by atoms with E-state index >= 15 is 0 Å². The van der Waals surface area contributed by atoms with E-state index in [-0.39, 0.29) is 6.10 Å². The topological polar surface area (TPSA) is 52.8 Å². The third-order valence-electron chi connectivity index (χ3n) is 5.85. The molecule has 5 rings (SSSR count). The van der Waals surface area contributed by atoms with Gasteiger partial charge in [-0.1, -0.05) is 22.0 Å². The smallest absolute Gasteiger partial charge is 0.213 e. The maximum absolute atomic E-state index is 6.06. The maximum Gasteiger partial charge on any atom is 0.213 e. The van der Waals surface area contributed by atoms with E-state index in [0.29, 0.717) is 5.92 Å². The molecular weight excluding hydrogens is 416 g/mol. The monoisotopic (exact) mass is 438 g/mol. The molecule has 28 heavy (non-hydrogen) atoms. The van der Waals surface area contributed by atoms with Crippen LogP contribution in [0.1, 0.15) is 55.2 Å². The van der Waals surface area contributed by atoms with Crippen LogP contribution in [-0.4, -0.2) is 25.9 Å². The summed E-state index contributed by atoms with van der Waals surface area (Å²) in [4.78, 5) is 4.29. The van der Waals surface area contributed by atoms with Crippen LogP contribution in [0.15, 0.2) is 47.1 Å². The van der Waals surface area contributed by atoms with Gasteiger partial charge in [-0.2, -0.15) is 0 Å². The van der Waals surface area contributed by atoms with Crippen molar-refractivity contribution < 1.29 is 4.74 Å². The van der Waals surface area contributed by atoms with Gasteiger partial charge in [-0.15, -0.1) is 10.2 Å². The average molecular weight is 439 g/mol. The van der Waals surface area contributed by atoms with Crippen molar-refractivity contribution in [3.05, 3.63) is 64.3 Å². The number of nitrogens with zero attached hydrogens (tertiary/aromatic N) is 4. The molecule has 0 unspecified atom stereocenters. The van der Waals surface area contributed by atoms with E-state index in [1.807, 2.05) is 18.2 Å². The summed E-state index contributed by atoms with van der Waals surface area (Å²) >= 11 is 3.62. The Balaban J connectivity index is 1.37. The fourth-order valence-corrected chi connectivity index (χ4v) is 4.86. The predicted octanol–water partition coefficient (Wildman–Crippen LogP) is 5.02. The van der Waals surface area contributed by atoms with E-state index in [1.165, 1.54) is 11.3 Å². The molecule has 3 heterocycles. The van der Waals surface area contributed by atoms with Gasteiger partial charge in [0.25, 0.3) is 0 Å². The Morgan fingerprint density at radius 3 is 2.71 bits per heavy atom. The van der Waals surface area contributed by atoms with E-state index in [0.717, 1.165) is 66.9 Å². The average Bonchev–Trinajstić information content (AvgIpc) is 3.05.